The van der Waals surface area contributed by atoms with Gasteiger partial charge in [-0.25, -0.2) is 17.8 Å². The summed E-state index contributed by atoms with van der Waals surface area (Å²) in [6.45, 7) is 5.11. The van der Waals surface area contributed by atoms with Crippen molar-refractivity contribution in [2.24, 2.45) is 11.8 Å². The van der Waals surface area contributed by atoms with E-state index >= 15 is 0 Å². The predicted octanol–water partition coefficient (Wildman–Crippen LogP) is 3.86. The van der Waals surface area contributed by atoms with E-state index in [1.807, 2.05) is 0 Å². The van der Waals surface area contributed by atoms with Crippen LogP contribution in [0.5, 0.6) is 0 Å². The van der Waals surface area contributed by atoms with Gasteiger partial charge in [-0.3, -0.25) is 15.6 Å². The van der Waals surface area contributed by atoms with Gasteiger partial charge in [0, 0.05) is 18.7 Å². The smallest absolute Gasteiger partial charge is 0.269 e. The molecule has 1 aromatic heterocycles. The number of anilines is 1. The van der Waals surface area contributed by atoms with Gasteiger partial charge in [0.05, 0.1) is 9.60 Å². The molecule has 1 amide bonds. The van der Waals surface area contributed by atoms with Crippen LogP contribution in [-0.2, 0) is 10.0 Å². The Morgan fingerprint density at radius 3 is 2.45 bits per heavy atom. The number of hydrazine groups is 1. The molecule has 10 heteroatoms. The number of aromatic nitrogens is 1. The standard InChI is InChI=1S/C21H23FN4O3S2/c1-13-10-14(2)12-26(11-13)31(28,29)16-8-6-15(7-9-16)20(27)24-25-21-23-19-17(22)4-3-5-18(19)30-21/h3-9,13-14H,10-12H2,1-2H3,(H,23,25)(H,24,27)/t13-,14-/m0/s1. The number of rotatable bonds is 5. The fourth-order valence-electron chi connectivity index (χ4n) is 3.88. The zero-order valence-corrected chi connectivity index (χ0v) is 18.8. The van der Waals surface area contributed by atoms with Crippen molar-refractivity contribution >= 4 is 42.6 Å². The van der Waals surface area contributed by atoms with Crippen LogP contribution in [0, 0.1) is 17.7 Å². The summed E-state index contributed by atoms with van der Waals surface area (Å²) < 4.78 is 41.9. The highest BCUT2D eigenvalue weighted by Gasteiger charge is 2.31. The lowest BCUT2D eigenvalue weighted by molar-refractivity contribution is 0.0962. The van der Waals surface area contributed by atoms with Gasteiger partial charge < -0.3 is 0 Å². The van der Waals surface area contributed by atoms with Crippen molar-refractivity contribution in [2.45, 2.75) is 25.2 Å². The van der Waals surface area contributed by atoms with Crippen LogP contribution in [0.3, 0.4) is 0 Å². The van der Waals surface area contributed by atoms with Crippen LogP contribution in [0.1, 0.15) is 30.6 Å². The van der Waals surface area contributed by atoms with Gasteiger partial charge in [0.1, 0.15) is 11.3 Å². The van der Waals surface area contributed by atoms with Crippen LogP contribution >= 0.6 is 11.3 Å². The van der Waals surface area contributed by atoms with E-state index in [0.717, 1.165) is 6.42 Å². The van der Waals surface area contributed by atoms with Crippen LogP contribution in [-0.4, -0.2) is 36.7 Å². The molecule has 2 heterocycles. The number of sulfonamides is 1. The molecule has 0 saturated carbocycles. The second-order valence-corrected chi connectivity index (χ2v) is 10.9. The second-order valence-electron chi connectivity index (χ2n) is 7.98. The Morgan fingerprint density at radius 2 is 1.81 bits per heavy atom. The number of fused-ring (bicyclic) bond motifs is 1. The number of carbonyl (C=O) groups excluding carboxylic acids is 1. The van der Waals surface area contributed by atoms with Crippen LogP contribution in [0.15, 0.2) is 47.4 Å². The minimum absolute atomic E-state index is 0.167. The van der Waals surface area contributed by atoms with Gasteiger partial charge in [0.2, 0.25) is 15.2 Å². The summed E-state index contributed by atoms with van der Waals surface area (Å²) >= 11 is 1.21. The number of benzene rings is 2. The fourth-order valence-corrected chi connectivity index (χ4v) is 6.39. The van der Waals surface area contributed by atoms with Crippen molar-refractivity contribution in [3.8, 4) is 0 Å². The zero-order valence-electron chi connectivity index (χ0n) is 17.1. The van der Waals surface area contributed by atoms with E-state index in [4.69, 9.17) is 0 Å². The van der Waals surface area contributed by atoms with Crippen molar-refractivity contribution in [1.82, 2.24) is 14.7 Å². The molecule has 0 radical (unpaired) electrons. The van der Waals surface area contributed by atoms with E-state index < -0.39 is 21.7 Å². The molecule has 1 aliphatic heterocycles. The number of amides is 1. The third-order valence-corrected chi connectivity index (χ3v) is 8.02. The first-order chi connectivity index (χ1) is 14.7. The minimum Gasteiger partial charge on any atom is -0.273 e. The topological polar surface area (TPSA) is 91.4 Å². The molecule has 0 spiro atoms. The molecule has 4 rings (SSSR count). The number of nitrogens with zero attached hydrogens (tertiary/aromatic N) is 2. The zero-order chi connectivity index (χ0) is 22.2. The molecular weight excluding hydrogens is 439 g/mol. The third-order valence-electron chi connectivity index (χ3n) is 5.24. The van der Waals surface area contributed by atoms with Gasteiger partial charge in [-0.05, 0) is 54.7 Å². The summed E-state index contributed by atoms with van der Waals surface area (Å²) in [5, 5.41) is 0.348. The highest BCUT2D eigenvalue weighted by atomic mass is 32.2. The van der Waals surface area contributed by atoms with Gasteiger partial charge in [-0.15, -0.1) is 0 Å². The molecule has 31 heavy (non-hydrogen) atoms. The van der Waals surface area contributed by atoms with Crippen molar-refractivity contribution in [3.63, 3.8) is 0 Å². The number of halogens is 1. The predicted molar refractivity (Wildman–Crippen MR) is 119 cm³/mol. The van der Waals surface area contributed by atoms with E-state index in [9.17, 15) is 17.6 Å². The number of carbonyl (C=O) groups is 1. The summed E-state index contributed by atoms with van der Waals surface area (Å²) in [6, 6.07) is 10.5. The van der Waals surface area contributed by atoms with E-state index in [-0.39, 0.29) is 10.4 Å². The molecule has 7 nitrogen and oxygen atoms in total. The Balaban J connectivity index is 1.43. The van der Waals surface area contributed by atoms with Crippen molar-refractivity contribution in [3.05, 3.63) is 53.8 Å². The molecule has 2 aromatic carbocycles. The lowest BCUT2D eigenvalue weighted by Crippen LogP contribution is -2.42. The highest BCUT2D eigenvalue weighted by molar-refractivity contribution is 7.89. The summed E-state index contributed by atoms with van der Waals surface area (Å²) in [5.74, 6) is -0.261. The molecule has 0 aliphatic carbocycles. The lowest BCUT2D eigenvalue weighted by Gasteiger charge is -2.34. The van der Waals surface area contributed by atoms with Crippen molar-refractivity contribution in [1.29, 1.82) is 0 Å². The van der Waals surface area contributed by atoms with Gasteiger partial charge in [-0.2, -0.15) is 4.31 Å². The molecule has 164 valence electrons. The first-order valence-electron chi connectivity index (χ1n) is 9.95. The van der Waals surface area contributed by atoms with Crippen LogP contribution < -0.4 is 10.9 Å². The average molecular weight is 463 g/mol. The molecule has 0 bridgehead atoms. The molecule has 1 fully saturated rings. The summed E-state index contributed by atoms with van der Waals surface area (Å²) in [5.41, 5.74) is 5.71. The van der Waals surface area contributed by atoms with E-state index in [2.05, 4.69) is 29.7 Å². The Bertz CT molecular complexity index is 1200. The third kappa shape index (κ3) is 4.56. The van der Waals surface area contributed by atoms with E-state index in [0.29, 0.717) is 40.3 Å². The molecule has 2 N–H and O–H groups in total. The first kappa shape index (κ1) is 21.7. The lowest BCUT2D eigenvalue weighted by atomic mass is 9.94. The van der Waals surface area contributed by atoms with E-state index in [1.54, 1.807) is 12.1 Å². The van der Waals surface area contributed by atoms with Crippen LogP contribution in [0.2, 0.25) is 0 Å². The minimum atomic E-state index is -3.60. The van der Waals surface area contributed by atoms with Crippen molar-refractivity contribution in [2.75, 3.05) is 18.5 Å². The number of hydrogen-bond acceptors (Lipinski definition) is 6. The molecule has 0 unspecified atom stereocenters. The molecule has 2 atom stereocenters. The summed E-state index contributed by atoms with van der Waals surface area (Å²) in [6.07, 6.45) is 1.01. The normalized spacial score (nSPS) is 20.0. The Hall–Kier alpha value is -2.56. The maximum Gasteiger partial charge on any atom is 0.269 e. The molecule has 1 saturated heterocycles. The van der Waals surface area contributed by atoms with Gasteiger partial charge >= 0.3 is 0 Å². The Morgan fingerprint density at radius 1 is 1.13 bits per heavy atom. The number of hydrogen-bond donors (Lipinski definition) is 2. The van der Waals surface area contributed by atoms with Gasteiger partial charge in [0.15, 0.2) is 0 Å². The molecular formula is C21H23FN4O3S2. The summed E-state index contributed by atoms with van der Waals surface area (Å²) in [4.78, 5) is 16.7. The Labute approximate surface area is 184 Å². The van der Waals surface area contributed by atoms with Crippen LogP contribution in [0.4, 0.5) is 9.52 Å². The van der Waals surface area contributed by atoms with Gasteiger partial charge in [0.25, 0.3) is 5.91 Å². The fraction of sp³-hybridized carbons (Fsp3) is 0.333. The number of piperidine rings is 1. The summed E-state index contributed by atoms with van der Waals surface area (Å²) in [7, 11) is -3.60. The van der Waals surface area contributed by atoms with E-state index in [1.165, 1.54) is 46.0 Å². The highest BCUT2D eigenvalue weighted by Crippen LogP contribution is 2.28. The second kappa shape index (κ2) is 8.52. The number of para-hydroxylation sites is 1. The average Bonchev–Trinajstić information content (AvgIpc) is 3.16. The maximum atomic E-state index is 13.8. The first-order valence-corrected chi connectivity index (χ1v) is 12.2. The quantitative estimate of drug-likeness (QED) is 0.562. The van der Waals surface area contributed by atoms with Gasteiger partial charge in [-0.1, -0.05) is 31.3 Å². The molecule has 3 aromatic rings. The van der Waals surface area contributed by atoms with Crippen molar-refractivity contribution < 1.29 is 17.6 Å². The number of nitrogens with one attached hydrogen (secondary N) is 2. The maximum absolute atomic E-state index is 13.8. The monoisotopic (exact) mass is 462 g/mol. The largest absolute Gasteiger partial charge is 0.273 e. The SMILES string of the molecule is C[C@H]1C[C@H](C)CN(S(=O)(=O)c2ccc(C(=O)NNc3nc4c(F)cccc4s3)cc2)C1. The van der Waals surface area contributed by atoms with Crippen LogP contribution in [0.25, 0.3) is 10.2 Å². The number of thiazole rings is 1. The Kier molecular flexibility index (Phi) is 5.96. The molecule has 1 aliphatic rings.